The van der Waals surface area contributed by atoms with Gasteiger partial charge in [-0.2, -0.15) is 0 Å². The summed E-state index contributed by atoms with van der Waals surface area (Å²) in [5, 5.41) is 0. The molecule has 0 saturated carbocycles. The highest BCUT2D eigenvalue weighted by molar-refractivity contribution is 5.18. The van der Waals surface area contributed by atoms with Gasteiger partial charge in [-0.05, 0) is 25.2 Å². The summed E-state index contributed by atoms with van der Waals surface area (Å²) in [5.41, 5.74) is 1.26. The molecule has 1 aliphatic rings. The van der Waals surface area contributed by atoms with Gasteiger partial charge >= 0.3 is 0 Å². The maximum atomic E-state index is 3.93. The van der Waals surface area contributed by atoms with Crippen LogP contribution in [0.2, 0.25) is 0 Å². The van der Waals surface area contributed by atoms with Crippen LogP contribution < -0.4 is 0 Å². The standard InChI is InChI=1S/C10H14/c1-3-5-10-7-4-6-9(2)8-10/h3-4,6,10H,1-2,5,7-8H2. The first kappa shape index (κ1) is 7.33. The lowest BCUT2D eigenvalue weighted by Crippen LogP contribution is -2.01. The van der Waals surface area contributed by atoms with Crippen LogP contribution in [0.1, 0.15) is 19.3 Å². The fourth-order valence-corrected chi connectivity index (χ4v) is 1.36. The number of hydrogen-bond acceptors (Lipinski definition) is 0. The molecule has 10 heavy (non-hydrogen) atoms. The van der Waals surface area contributed by atoms with Gasteiger partial charge in [-0.25, -0.2) is 0 Å². The van der Waals surface area contributed by atoms with E-state index < -0.39 is 0 Å². The largest absolute Gasteiger partial charge is 0.103 e. The van der Waals surface area contributed by atoms with E-state index in [4.69, 9.17) is 0 Å². The van der Waals surface area contributed by atoms with Crippen LogP contribution in [0, 0.1) is 5.92 Å². The van der Waals surface area contributed by atoms with Crippen molar-refractivity contribution in [1.82, 2.24) is 0 Å². The fraction of sp³-hybridized carbons (Fsp3) is 0.400. The molecular weight excluding hydrogens is 120 g/mol. The molecule has 0 bridgehead atoms. The molecule has 0 heteroatoms. The van der Waals surface area contributed by atoms with Gasteiger partial charge in [-0.15, -0.1) is 6.58 Å². The predicted molar refractivity (Wildman–Crippen MR) is 45.8 cm³/mol. The molecule has 1 rings (SSSR count). The zero-order chi connectivity index (χ0) is 7.40. The van der Waals surface area contributed by atoms with E-state index in [9.17, 15) is 0 Å². The summed E-state index contributed by atoms with van der Waals surface area (Å²) in [5.74, 6) is 0.773. The van der Waals surface area contributed by atoms with Gasteiger partial charge in [-0.1, -0.05) is 30.4 Å². The van der Waals surface area contributed by atoms with Crippen LogP contribution in [0.25, 0.3) is 0 Å². The Bertz CT molecular complexity index is 163. The van der Waals surface area contributed by atoms with E-state index in [1.165, 1.54) is 12.0 Å². The van der Waals surface area contributed by atoms with Gasteiger partial charge in [0.05, 0.1) is 0 Å². The second kappa shape index (κ2) is 3.40. The highest BCUT2D eigenvalue weighted by Gasteiger charge is 2.08. The molecule has 0 spiro atoms. The van der Waals surface area contributed by atoms with Crippen molar-refractivity contribution < 1.29 is 0 Å². The molecule has 54 valence electrons. The Labute approximate surface area is 62.9 Å². The molecule has 0 fully saturated rings. The zero-order valence-electron chi connectivity index (χ0n) is 6.34. The third kappa shape index (κ3) is 1.87. The van der Waals surface area contributed by atoms with Crippen molar-refractivity contribution in [2.24, 2.45) is 5.92 Å². The minimum atomic E-state index is 0.773. The Hall–Kier alpha value is -0.780. The molecule has 0 aromatic carbocycles. The monoisotopic (exact) mass is 134 g/mol. The van der Waals surface area contributed by atoms with E-state index in [1.54, 1.807) is 0 Å². The average Bonchev–Trinajstić information content (AvgIpc) is 1.88. The first-order valence-corrected chi connectivity index (χ1v) is 3.78. The Balaban J connectivity index is 2.43. The second-order valence-electron chi connectivity index (χ2n) is 2.89. The van der Waals surface area contributed by atoms with Crippen LogP contribution >= 0.6 is 0 Å². The fourth-order valence-electron chi connectivity index (χ4n) is 1.36. The molecule has 1 unspecified atom stereocenters. The molecule has 0 heterocycles. The van der Waals surface area contributed by atoms with Crippen LogP contribution in [0.3, 0.4) is 0 Å². The molecule has 0 aliphatic heterocycles. The second-order valence-corrected chi connectivity index (χ2v) is 2.89. The van der Waals surface area contributed by atoms with Crippen molar-refractivity contribution in [2.75, 3.05) is 0 Å². The third-order valence-corrected chi connectivity index (χ3v) is 1.87. The summed E-state index contributed by atoms with van der Waals surface area (Å²) in [7, 11) is 0. The average molecular weight is 134 g/mol. The number of hydrogen-bond donors (Lipinski definition) is 0. The van der Waals surface area contributed by atoms with Crippen molar-refractivity contribution >= 4 is 0 Å². The Morgan fingerprint density at radius 3 is 3.10 bits per heavy atom. The summed E-state index contributed by atoms with van der Waals surface area (Å²) in [4.78, 5) is 0. The quantitative estimate of drug-likeness (QED) is 0.509. The minimum absolute atomic E-state index is 0.773. The molecule has 0 saturated heterocycles. The topological polar surface area (TPSA) is 0 Å². The van der Waals surface area contributed by atoms with Crippen molar-refractivity contribution in [1.29, 1.82) is 0 Å². The van der Waals surface area contributed by atoms with E-state index >= 15 is 0 Å². The van der Waals surface area contributed by atoms with Crippen LogP contribution in [0.4, 0.5) is 0 Å². The van der Waals surface area contributed by atoms with E-state index in [2.05, 4.69) is 25.3 Å². The Kier molecular flexibility index (Phi) is 2.49. The molecular formula is C10H14. The third-order valence-electron chi connectivity index (χ3n) is 1.87. The van der Waals surface area contributed by atoms with Gasteiger partial charge in [-0.3, -0.25) is 0 Å². The van der Waals surface area contributed by atoms with E-state index in [0.717, 1.165) is 18.8 Å². The van der Waals surface area contributed by atoms with Gasteiger partial charge in [0.2, 0.25) is 0 Å². The summed E-state index contributed by atoms with van der Waals surface area (Å²) in [6.07, 6.45) is 9.81. The van der Waals surface area contributed by atoms with Gasteiger partial charge in [0.25, 0.3) is 0 Å². The summed E-state index contributed by atoms with van der Waals surface area (Å²) in [6.45, 7) is 7.65. The number of allylic oxidation sites excluding steroid dienone is 4. The summed E-state index contributed by atoms with van der Waals surface area (Å²) < 4.78 is 0. The lowest BCUT2D eigenvalue weighted by atomic mass is 9.89. The SMILES string of the molecule is C=CCC1CC=CC(=C)C1. The van der Waals surface area contributed by atoms with Crippen molar-refractivity contribution in [3.8, 4) is 0 Å². The zero-order valence-corrected chi connectivity index (χ0v) is 6.34. The summed E-state index contributed by atoms with van der Waals surface area (Å²) >= 11 is 0. The van der Waals surface area contributed by atoms with Crippen molar-refractivity contribution in [3.05, 3.63) is 37.0 Å². The highest BCUT2D eigenvalue weighted by atomic mass is 14.1. The van der Waals surface area contributed by atoms with Crippen LogP contribution in [0.5, 0.6) is 0 Å². The van der Waals surface area contributed by atoms with Gasteiger partial charge in [0, 0.05) is 0 Å². The van der Waals surface area contributed by atoms with E-state index in [1.807, 2.05) is 6.08 Å². The van der Waals surface area contributed by atoms with Crippen LogP contribution in [-0.4, -0.2) is 0 Å². The molecule has 0 amide bonds. The van der Waals surface area contributed by atoms with Gasteiger partial charge in [0.15, 0.2) is 0 Å². The van der Waals surface area contributed by atoms with Gasteiger partial charge < -0.3 is 0 Å². The smallest absolute Gasteiger partial charge is 0.0250 e. The van der Waals surface area contributed by atoms with Gasteiger partial charge in [0.1, 0.15) is 0 Å². The lowest BCUT2D eigenvalue weighted by molar-refractivity contribution is 0.531. The van der Waals surface area contributed by atoms with Crippen LogP contribution in [-0.2, 0) is 0 Å². The number of rotatable bonds is 2. The maximum Gasteiger partial charge on any atom is -0.0250 e. The molecule has 1 atom stereocenters. The van der Waals surface area contributed by atoms with Crippen molar-refractivity contribution in [3.63, 3.8) is 0 Å². The molecule has 1 aliphatic carbocycles. The molecule has 0 nitrogen and oxygen atoms in total. The molecule has 0 aromatic heterocycles. The molecule has 0 aromatic rings. The normalized spacial score (nSPS) is 24.8. The first-order chi connectivity index (χ1) is 4.83. The molecule has 0 radical (unpaired) electrons. The minimum Gasteiger partial charge on any atom is -0.103 e. The Morgan fingerprint density at radius 1 is 1.70 bits per heavy atom. The Morgan fingerprint density at radius 2 is 2.50 bits per heavy atom. The lowest BCUT2D eigenvalue weighted by Gasteiger charge is -2.16. The molecule has 0 N–H and O–H groups in total. The first-order valence-electron chi connectivity index (χ1n) is 3.78. The predicted octanol–water partition coefficient (Wildman–Crippen LogP) is 3.08. The van der Waals surface area contributed by atoms with E-state index in [-0.39, 0.29) is 0 Å². The van der Waals surface area contributed by atoms with Crippen molar-refractivity contribution in [2.45, 2.75) is 19.3 Å². The van der Waals surface area contributed by atoms with E-state index in [0.29, 0.717) is 0 Å². The summed E-state index contributed by atoms with van der Waals surface area (Å²) in [6, 6.07) is 0. The maximum absolute atomic E-state index is 3.93. The van der Waals surface area contributed by atoms with Crippen LogP contribution in [0.15, 0.2) is 37.0 Å². The highest BCUT2D eigenvalue weighted by Crippen LogP contribution is 2.24.